The van der Waals surface area contributed by atoms with E-state index in [0.717, 1.165) is 5.56 Å². The van der Waals surface area contributed by atoms with E-state index in [1.807, 2.05) is 24.3 Å². The van der Waals surface area contributed by atoms with E-state index in [1.165, 1.54) is 16.8 Å². The number of hydrogen-bond donors (Lipinski definition) is 1. The minimum absolute atomic E-state index is 0.297. The first-order chi connectivity index (χ1) is 9.74. The van der Waals surface area contributed by atoms with E-state index in [4.69, 9.17) is 11.6 Å². The van der Waals surface area contributed by atoms with Crippen molar-refractivity contribution in [3.63, 3.8) is 0 Å². The molecule has 3 rings (SSSR count). The first-order valence-electron chi connectivity index (χ1n) is 6.39. The molecule has 0 aliphatic rings. The molecule has 20 heavy (non-hydrogen) atoms. The molecule has 0 aliphatic carbocycles. The Balaban J connectivity index is 1.89. The van der Waals surface area contributed by atoms with Crippen molar-refractivity contribution in [2.75, 3.05) is 5.32 Å². The van der Waals surface area contributed by atoms with Crippen LogP contribution in [0.3, 0.4) is 0 Å². The molecule has 3 aromatic rings. The van der Waals surface area contributed by atoms with Gasteiger partial charge in [0.15, 0.2) is 0 Å². The van der Waals surface area contributed by atoms with E-state index in [0.29, 0.717) is 17.3 Å². The molecule has 3 aromatic carbocycles. The van der Waals surface area contributed by atoms with Crippen molar-refractivity contribution in [3.05, 3.63) is 77.1 Å². The quantitative estimate of drug-likeness (QED) is 0.693. The first-order valence-corrected chi connectivity index (χ1v) is 6.77. The number of anilines is 1. The summed E-state index contributed by atoms with van der Waals surface area (Å²) in [7, 11) is 0. The zero-order valence-electron chi connectivity index (χ0n) is 10.7. The molecule has 0 atom stereocenters. The highest BCUT2D eigenvalue weighted by atomic mass is 35.5. The molecule has 0 aliphatic heterocycles. The lowest BCUT2D eigenvalue weighted by Gasteiger charge is -2.10. The van der Waals surface area contributed by atoms with Crippen molar-refractivity contribution in [2.45, 2.75) is 6.54 Å². The summed E-state index contributed by atoms with van der Waals surface area (Å²) in [6.45, 7) is 0.554. The predicted octanol–water partition coefficient (Wildman–Crippen LogP) is 5.24. The van der Waals surface area contributed by atoms with Gasteiger partial charge in [-0.3, -0.25) is 0 Å². The molecule has 0 fully saturated rings. The Labute approximate surface area is 122 Å². The van der Waals surface area contributed by atoms with Crippen molar-refractivity contribution in [2.24, 2.45) is 0 Å². The standard InChI is InChI=1S/C17H13ClFN/c18-14-8-9-16(19)17(10-14)20-11-13-6-3-5-12-4-1-2-7-15(12)13/h1-10,20H,11H2. The number of fused-ring (bicyclic) bond motifs is 1. The number of rotatable bonds is 3. The third kappa shape index (κ3) is 2.61. The molecule has 0 saturated heterocycles. The Morgan fingerprint density at radius 2 is 1.75 bits per heavy atom. The molecule has 3 heteroatoms. The highest BCUT2D eigenvalue weighted by Gasteiger charge is 2.04. The van der Waals surface area contributed by atoms with Crippen LogP contribution < -0.4 is 5.32 Å². The highest BCUT2D eigenvalue weighted by Crippen LogP contribution is 2.23. The van der Waals surface area contributed by atoms with Gasteiger partial charge in [0.05, 0.1) is 5.69 Å². The summed E-state index contributed by atoms with van der Waals surface area (Å²) in [6.07, 6.45) is 0. The van der Waals surface area contributed by atoms with Crippen LogP contribution in [0.15, 0.2) is 60.7 Å². The van der Waals surface area contributed by atoms with Crippen molar-refractivity contribution in [1.29, 1.82) is 0 Å². The van der Waals surface area contributed by atoms with E-state index < -0.39 is 0 Å². The Kier molecular flexibility index (Phi) is 3.57. The lowest BCUT2D eigenvalue weighted by molar-refractivity contribution is 0.630. The van der Waals surface area contributed by atoms with Crippen LogP contribution in [-0.2, 0) is 6.54 Å². The molecule has 0 heterocycles. The number of benzene rings is 3. The number of halogens is 2. The van der Waals surface area contributed by atoms with E-state index in [2.05, 4.69) is 23.5 Å². The van der Waals surface area contributed by atoms with E-state index in [9.17, 15) is 4.39 Å². The normalized spacial score (nSPS) is 10.7. The molecule has 0 saturated carbocycles. The van der Waals surface area contributed by atoms with Crippen LogP contribution in [-0.4, -0.2) is 0 Å². The third-order valence-electron chi connectivity index (χ3n) is 3.28. The van der Waals surface area contributed by atoms with Crippen LogP contribution in [0.1, 0.15) is 5.56 Å². The third-order valence-corrected chi connectivity index (χ3v) is 3.51. The molecule has 0 unspecified atom stereocenters. The van der Waals surface area contributed by atoms with Crippen molar-refractivity contribution < 1.29 is 4.39 Å². The van der Waals surface area contributed by atoms with Gasteiger partial charge in [-0.15, -0.1) is 0 Å². The predicted molar refractivity (Wildman–Crippen MR) is 82.7 cm³/mol. The van der Waals surface area contributed by atoms with Crippen LogP contribution in [0, 0.1) is 5.82 Å². The molecule has 0 radical (unpaired) electrons. The van der Waals surface area contributed by atoms with E-state index >= 15 is 0 Å². The molecule has 0 aromatic heterocycles. The van der Waals surface area contributed by atoms with Crippen LogP contribution in [0.25, 0.3) is 10.8 Å². The summed E-state index contributed by atoms with van der Waals surface area (Å²) < 4.78 is 13.7. The van der Waals surface area contributed by atoms with Crippen LogP contribution >= 0.6 is 11.6 Å². The van der Waals surface area contributed by atoms with Crippen molar-refractivity contribution >= 4 is 28.1 Å². The maximum atomic E-state index is 13.7. The van der Waals surface area contributed by atoms with Gasteiger partial charge in [0.2, 0.25) is 0 Å². The second-order valence-electron chi connectivity index (χ2n) is 4.62. The van der Waals surface area contributed by atoms with E-state index in [1.54, 1.807) is 12.1 Å². The van der Waals surface area contributed by atoms with Crippen molar-refractivity contribution in [3.8, 4) is 0 Å². The minimum atomic E-state index is -0.297. The molecule has 1 nitrogen and oxygen atoms in total. The molecule has 100 valence electrons. The summed E-state index contributed by atoms with van der Waals surface area (Å²) in [5.41, 5.74) is 1.55. The lowest BCUT2D eigenvalue weighted by Crippen LogP contribution is -2.02. The zero-order chi connectivity index (χ0) is 13.9. The number of hydrogen-bond acceptors (Lipinski definition) is 1. The Hall–Kier alpha value is -2.06. The monoisotopic (exact) mass is 285 g/mol. The topological polar surface area (TPSA) is 12.0 Å². The van der Waals surface area contributed by atoms with Crippen LogP contribution in [0.4, 0.5) is 10.1 Å². The Bertz CT molecular complexity index is 750. The molecule has 0 bridgehead atoms. The van der Waals surface area contributed by atoms with Gasteiger partial charge in [-0.2, -0.15) is 0 Å². The van der Waals surface area contributed by atoms with E-state index in [-0.39, 0.29) is 5.82 Å². The maximum absolute atomic E-state index is 13.7. The fourth-order valence-corrected chi connectivity index (χ4v) is 2.44. The zero-order valence-corrected chi connectivity index (χ0v) is 11.5. The molecule has 1 N–H and O–H groups in total. The fraction of sp³-hybridized carbons (Fsp3) is 0.0588. The number of nitrogens with one attached hydrogen (secondary N) is 1. The van der Waals surface area contributed by atoms with Gasteiger partial charge in [0, 0.05) is 11.6 Å². The first kappa shape index (κ1) is 12.9. The SMILES string of the molecule is Fc1ccc(Cl)cc1NCc1cccc2ccccc12. The van der Waals surface area contributed by atoms with Gasteiger partial charge in [0.25, 0.3) is 0 Å². The highest BCUT2D eigenvalue weighted by molar-refractivity contribution is 6.30. The molecule has 0 amide bonds. The molecule has 0 spiro atoms. The fourth-order valence-electron chi connectivity index (χ4n) is 2.27. The summed E-state index contributed by atoms with van der Waals surface area (Å²) in [4.78, 5) is 0. The van der Waals surface area contributed by atoms with Gasteiger partial charge in [-0.25, -0.2) is 4.39 Å². The average Bonchev–Trinajstić information content (AvgIpc) is 2.48. The summed E-state index contributed by atoms with van der Waals surface area (Å²) in [6, 6.07) is 18.8. The van der Waals surface area contributed by atoms with Gasteiger partial charge in [-0.05, 0) is 34.5 Å². The second kappa shape index (κ2) is 5.51. The largest absolute Gasteiger partial charge is 0.379 e. The van der Waals surface area contributed by atoms with Crippen molar-refractivity contribution in [1.82, 2.24) is 0 Å². The van der Waals surface area contributed by atoms with Gasteiger partial charge in [-0.1, -0.05) is 54.1 Å². The Morgan fingerprint density at radius 1 is 0.950 bits per heavy atom. The van der Waals surface area contributed by atoms with Gasteiger partial charge >= 0.3 is 0 Å². The summed E-state index contributed by atoms with van der Waals surface area (Å²) in [5, 5.41) is 5.97. The maximum Gasteiger partial charge on any atom is 0.146 e. The summed E-state index contributed by atoms with van der Waals surface area (Å²) >= 11 is 5.89. The van der Waals surface area contributed by atoms with Crippen LogP contribution in [0.2, 0.25) is 5.02 Å². The lowest BCUT2D eigenvalue weighted by atomic mass is 10.0. The second-order valence-corrected chi connectivity index (χ2v) is 5.05. The van der Waals surface area contributed by atoms with Crippen LogP contribution in [0.5, 0.6) is 0 Å². The summed E-state index contributed by atoms with van der Waals surface area (Å²) in [5.74, 6) is -0.297. The Morgan fingerprint density at radius 3 is 2.65 bits per heavy atom. The molecular weight excluding hydrogens is 273 g/mol. The van der Waals surface area contributed by atoms with Gasteiger partial charge < -0.3 is 5.32 Å². The molecular formula is C17H13ClFN. The van der Waals surface area contributed by atoms with Gasteiger partial charge in [0.1, 0.15) is 5.82 Å². The minimum Gasteiger partial charge on any atom is -0.379 e. The average molecular weight is 286 g/mol. The smallest absolute Gasteiger partial charge is 0.146 e.